The average molecular weight is 180 g/mol. The first-order valence-corrected chi connectivity index (χ1v) is 5.70. The standard InChI is InChI=1S/C12H20O/c1-12(6-2-3-7-12)9-10-4-5-11(13)8-10/h10H,2-9H2,1H3. The summed E-state index contributed by atoms with van der Waals surface area (Å²) in [5.41, 5.74) is 0.593. The molecular weight excluding hydrogens is 160 g/mol. The zero-order valence-corrected chi connectivity index (χ0v) is 8.64. The summed E-state index contributed by atoms with van der Waals surface area (Å²) in [7, 11) is 0. The van der Waals surface area contributed by atoms with Crippen molar-refractivity contribution in [2.75, 3.05) is 0 Å². The van der Waals surface area contributed by atoms with E-state index < -0.39 is 0 Å². The third kappa shape index (κ3) is 2.12. The topological polar surface area (TPSA) is 17.1 Å². The number of rotatable bonds is 2. The molecule has 0 bridgehead atoms. The lowest BCUT2D eigenvalue weighted by molar-refractivity contribution is -0.117. The molecule has 2 rings (SSSR count). The molecule has 0 saturated heterocycles. The highest BCUT2D eigenvalue weighted by Gasteiger charge is 2.33. The van der Waals surface area contributed by atoms with Crippen LogP contribution in [0, 0.1) is 11.3 Å². The second kappa shape index (κ2) is 3.43. The largest absolute Gasteiger partial charge is 0.300 e. The van der Waals surface area contributed by atoms with Gasteiger partial charge in [0.1, 0.15) is 5.78 Å². The van der Waals surface area contributed by atoms with Crippen molar-refractivity contribution in [1.29, 1.82) is 0 Å². The third-order valence-corrected chi connectivity index (χ3v) is 3.94. The highest BCUT2D eigenvalue weighted by Crippen LogP contribution is 2.45. The van der Waals surface area contributed by atoms with Crippen molar-refractivity contribution < 1.29 is 4.79 Å². The van der Waals surface area contributed by atoms with Gasteiger partial charge in [0, 0.05) is 12.8 Å². The van der Waals surface area contributed by atoms with E-state index in [-0.39, 0.29) is 0 Å². The van der Waals surface area contributed by atoms with Gasteiger partial charge < -0.3 is 0 Å². The molecular formula is C12H20O. The van der Waals surface area contributed by atoms with Crippen LogP contribution in [-0.2, 0) is 4.79 Å². The number of hydrogen-bond donors (Lipinski definition) is 0. The molecule has 13 heavy (non-hydrogen) atoms. The molecule has 0 heterocycles. The van der Waals surface area contributed by atoms with Gasteiger partial charge in [-0.15, -0.1) is 0 Å². The summed E-state index contributed by atoms with van der Waals surface area (Å²) in [6.45, 7) is 2.42. The number of ketones is 1. The second-order valence-corrected chi connectivity index (χ2v) is 5.37. The van der Waals surface area contributed by atoms with E-state index in [0.29, 0.717) is 11.2 Å². The molecule has 0 N–H and O–H groups in total. The SMILES string of the molecule is CC1(CC2CCC(=O)C2)CCCC1. The van der Waals surface area contributed by atoms with Crippen LogP contribution in [0.3, 0.4) is 0 Å². The average Bonchev–Trinajstić information content (AvgIpc) is 2.62. The predicted molar refractivity (Wildman–Crippen MR) is 53.5 cm³/mol. The Kier molecular flexibility index (Phi) is 2.44. The van der Waals surface area contributed by atoms with Gasteiger partial charge in [0.25, 0.3) is 0 Å². The summed E-state index contributed by atoms with van der Waals surface area (Å²) >= 11 is 0. The van der Waals surface area contributed by atoms with Crippen LogP contribution in [0.2, 0.25) is 0 Å². The smallest absolute Gasteiger partial charge is 0.133 e. The van der Waals surface area contributed by atoms with Crippen LogP contribution < -0.4 is 0 Å². The molecule has 0 aliphatic heterocycles. The van der Waals surface area contributed by atoms with Crippen LogP contribution in [0.15, 0.2) is 0 Å². The number of carbonyl (C=O) groups excluding carboxylic acids is 1. The van der Waals surface area contributed by atoms with E-state index in [1.54, 1.807) is 0 Å². The predicted octanol–water partition coefficient (Wildman–Crippen LogP) is 3.33. The normalized spacial score (nSPS) is 32.7. The van der Waals surface area contributed by atoms with E-state index in [0.717, 1.165) is 18.8 Å². The summed E-state index contributed by atoms with van der Waals surface area (Å²) in [4.78, 5) is 11.1. The maximum Gasteiger partial charge on any atom is 0.133 e. The maximum atomic E-state index is 11.1. The minimum Gasteiger partial charge on any atom is -0.300 e. The summed E-state index contributed by atoms with van der Waals surface area (Å²) in [5.74, 6) is 1.24. The van der Waals surface area contributed by atoms with Gasteiger partial charge in [-0.1, -0.05) is 19.8 Å². The Morgan fingerprint density at radius 1 is 1.38 bits per heavy atom. The molecule has 1 heteroatoms. The Hall–Kier alpha value is -0.330. The molecule has 2 saturated carbocycles. The molecule has 1 unspecified atom stereocenters. The van der Waals surface area contributed by atoms with Crippen LogP contribution in [0.4, 0.5) is 0 Å². The fourth-order valence-electron chi connectivity index (χ4n) is 3.20. The molecule has 2 fully saturated rings. The lowest BCUT2D eigenvalue weighted by atomic mass is 9.79. The van der Waals surface area contributed by atoms with Crippen LogP contribution in [0.5, 0.6) is 0 Å². The van der Waals surface area contributed by atoms with Gasteiger partial charge in [0.2, 0.25) is 0 Å². The minimum atomic E-state index is 0.506. The molecule has 0 aromatic heterocycles. The van der Waals surface area contributed by atoms with Gasteiger partial charge in [0.05, 0.1) is 0 Å². The van der Waals surface area contributed by atoms with Crippen LogP contribution in [0.1, 0.15) is 58.3 Å². The summed E-state index contributed by atoms with van der Waals surface area (Å²) in [5, 5.41) is 0. The number of Topliss-reactive ketones (excluding diaryl/α,β-unsaturated/α-hetero) is 1. The Morgan fingerprint density at radius 2 is 2.08 bits per heavy atom. The zero-order chi connectivity index (χ0) is 9.31. The van der Waals surface area contributed by atoms with E-state index in [1.807, 2.05) is 0 Å². The highest BCUT2D eigenvalue weighted by molar-refractivity contribution is 5.80. The van der Waals surface area contributed by atoms with E-state index in [1.165, 1.54) is 38.5 Å². The summed E-state index contributed by atoms with van der Waals surface area (Å²) < 4.78 is 0. The van der Waals surface area contributed by atoms with Crippen molar-refractivity contribution in [3.8, 4) is 0 Å². The second-order valence-electron chi connectivity index (χ2n) is 5.37. The molecule has 0 radical (unpaired) electrons. The molecule has 0 aromatic carbocycles. The summed E-state index contributed by atoms with van der Waals surface area (Å²) in [6, 6.07) is 0. The zero-order valence-electron chi connectivity index (χ0n) is 8.64. The van der Waals surface area contributed by atoms with Gasteiger partial charge >= 0.3 is 0 Å². The first-order chi connectivity index (χ1) is 6.18. The fraction of sp³-hybridized carbons (Fsp3) is 0.917. The third-order valence-electron chi connectivity index (χ3n) is 3.94. The molecule has 0 aromatic rings. The monoisotopic (exact) mass is 180 g/mol. The fourth-order valence-corrected chi connectivity index (χ4v) is 3.20. The van der Waals surface area contributed by atoms with Crippen molar-refractivity contribution in [3.63, 3.8) is 0 Å². The van der Waals surface area contributed by atoms with Gasteiger partial charge in [0.15, 0.2) is 0 Å². The highest BCUT2D eigenvalue weighted by atomic mass is 16.1. The molecule has 74 valence electrons. The quantitative estimate of drug-likeness (QED) is 0.637. The van der Waals surface area contributed by atoms with E-state index in [2.05, 4.69) is 6.92 Å². The van der Waals surface area contributed by atoms with Gasteiger partial charge in [-0.25, -0.2) is 0 Å². The Balaban J connectivity index is 1.86. The van der Waals surface area contributed by atoms with Crippen LogP contribution >= 0.6 is 0 Å². The molecule has 1 nitrogen and oxygen atoms in total. The molecule has 0 amide bonds. The van der Waals surface area contributed by atoms with Crippen molar-refractivity contribution in [2.24, 2.45) is 11.3 Å². The first kappa shape index (κ1) is 9.23. The first-order valence-electron chi connectivity index (χ1n) is 5.70. The van der Waals surface area contributed by atoms with Crippen molar-refractivity contribution in [2.45, 2.75) is 58.3 Å². The van der Waals surface area contributed by atoms with Crippen LogP contribution in [0.25, 0.3) is 0 Å². The molecule has 2 aliphatic carbocycles. The van der Waals surface area contributed by atoms with Gasteiger partial charge in [-0.2, -0.15) is 0 Å². The van der Waals surface area contributed by atoms with Crippen LogP contribution in [-0.4, -0.2) is 5.78 Å². The lowest BCUT2D eigenvalue weighted by Crippen LogP contribution is -2.15. The van der Waals surface area contributed by atoms with Crippen molar-refractivity contribution >= 4 is 5.78 Å². The molecule has 2 aliphatic rings. The van der Waals surface area contributed by atoms with E-state index in [9.17, 15) is 4.79 Å². The van der Waals surface area contributed by atoms with E-state index in [4.69, 9.17) is 0 Å². The van der Waals surface area contributed by atoms with Crippen molar-refractivity contribution in [1.82, 2.24) is 0 Å². The lowest BCUT2D eigenvalue weighted by Gasteiger charge is -2.26. The number of hydrogen-bond acceptors (Lipinski definition) is 1. The number of carbonyl (C=O) groups is 1. The Bertz CT molecular complexity index is 201. The summed E-state index contributed by atoms with van der Waals surface area (Å²) in [6.07, 6.45) is 9.87. The minimum absolute atomic E-state index is 0.506. The van der Waals surface area contributed by atoms with Gasteiger partial charge in [-0.3, -0.25) is 4.79 Å². The Morgan fingerprint density at radius 3 is 2.62 bits per heavy atom. The molecule has 0 spiro atoms. The molecule has 1 atom stereocenters. The maximum absolute atomic E-state index is 11.1. The van der Waals surface area contributed by atoms with Crippen molar-refractivity contribution in [3.05, 3.63) is 0 Å². The van der Waals surface area contributed by atoms with Gasteiger partial charge in [-0.05, 0) is 37.0 Å². The Labute approximate surface area is 80.9 Å². The van der Waals surface area contributed by atoms with E-state index >= 15 is 0 Å².